The van der Waals surface area contributed by atoms with Gasteiger partial charge in [0.25, 0.3) is 9.05 Å². The molecule has 0 spiro atoms. The Kier molecular flexibility index (Phi) is 5.55. The summed E-state index contributed by atoms with van der Waals surface area (Å²) in [5, 5.41) is 22.0. The minimum atomic E-state index is -4.08. The second kappa shape index (κ2) is 7.75. The molecule has 144 valence electrons. The standard InChI is InChI=1S/C18H13Cl2N3O4S/c1-10(24)21-14-8-9-16(28(20,26)27)13-6-7-15(18(25)17(13)14)23-22-12-4-2-11(19)3-5-12/h2-9,25H,1H3,(H,21,24). The Morgan fingerprint density at radius 2 is 1.71 bits per heavy atom. The maximum absolute atomic E-state index is 11.9. The van der Waals surface area contributed by atoms with E-state index in [2.05, 4.69) is 15.5 Å². The van der Waals surface area contributed by atoms with E-state index in [4.69, 9.17) is 22.3 Å². The molecule has 0 aliphatic heterocycles. The van der Waals surface area contributed by atoms with Crippen LogP contribution in [0.5, 0.6) is 5.75 Å². The van der Waals surface area contributed by atoms with Gasteiger partial charge in [-0.15, -0.1) is 5.11 Å². The smallest absolute Gasteiger partial charge is 0.261 e. The van der Waals surface area contributed by atoms with Crippen molar-refractivity contribution in [1.29, 1.82) is 0 Å². The van der Waals surface area contributed by atoms with Gasteiger partial charge in [0, 0.05) is 28.0 Å². The summed E-state index contributed by atoms with van der Waals surface area (Å²) < 4.78 is 23.7. The van der Waals surface area contributed by atoms with Gasteiger partial charge in [0.2, 0.25) is 5.91 Å². The number of fused-ring (bicyclic) bond motifs is 1. The van der Waals surface area contributed by atoms with Crippen molar-refractivity contribution in [3.63, 3.8) is 0 Å². The second-order valence-electron chi connectivity index (χ2n) is 5.76. The predicted octanol–water partition coefficient (Wildman–Crippen LogP) is 5.50. The maximum atomic E-state index is 11.9. The largest absolute Gasteiger partial charge is 0.505 e. The lowest BCUT2D eigenvalue weighted by atomic mass is 10.1. The Balaban J connectivity index is 2.20. The van der Waals surface area contributed by atoms with Crippen LogP contribution >= 0.6 is 22.3 Å². The number of carbonyl (C=O) groups is 1. The second-order valence-corrected chi connectivity index (χ2v) is 8.73. The molecule has 10 heteroatoms. The molecule has 0 radical (unpaired) electrons. The lowest BCUT2D eigenvalue weighted by Crippen LogP contribution is -2.07. The van der Waals surface area contributed by atoms with E-state index in [1.807, 2.05) is 0 Å². The zero-order chi connectivity index (χ0) is 20.5. The molecule has 0 saturated heterocycles. The molecule has 3 aromatic carbocycles. The number of anilines is 1. The molecule has 28 heavy (non-hydrogen) atoms. The Hall–Kier alpha value is -2.68. The Labute approximate surface area is 170 Å². The molecule has 7 nitrogen and oxygen atoms in total. The number of phenols is 1. The van der Waals surface area contributed by atoms with Gasteiger partial charge in [-0.25, -0.2) is 8.42 Å². The van der Waals surface area contributed by atoms with Gasteiger partial charge in [0.05, 0.1) is 21.7 Å². The molecule has 0 heterocycles. The van der Waals surface area contributed by atoms with E-state index in [1.165, 1.54) is 31.2 Å². The van der Waals surface area contributed by atoms with Gasteiger partial charge in [-0.3, -0.25) is 4.79 Å². The summed E-state index contributed by atoms with van der Waals surface area (Å²) in [6.07, 6.45) is 0. The van der Waals surface area contributed by atoms with Crippen molar-refractivity contribution in [2.45, 2.75) is 11.8 Å². The van der Waals surface area contributed by atoms with Crippen LogP contribution in [0.4, 0.5) is 17.1 Å². The number of amides is 1. The number of hydrogen-bond donors (Lipinski definition) is 2. The first kappa shape index (κ1) is 20.1. The average molecular weight is 438 g/mol. The van der Waals surface area contributed by atoms with E-state index in [-0.39, 0.29) is 32.8 Å². The van der Waals surface area contributed by atoms with Crippen LogP contribution in [0.3, 0.4) is 0 Å². The lowest BCUT2D eigenvalue weighted by molar-refractivity contribution is -0.114. The summed E-state index contributed by atoms with van der Waals surface area (Å²) in [6, 6.07) is 12.0. The van der Waals surface area contributed by atoms with E-state index in [0.717, 1.165) is 0 Å². The third kappa shape index (κ3) is 4.24. The van der Waals surface area contributed by atoms with Crippen molar-refractivity contribution >= 4 is 65.1 Å². The number of hydrogen-bond acceptors (Lipinski definition) is 6. The monoisotopic (exact) mass is 437 g/mol. The molecule has 0 fully saturated rings. The van der Waals surface area contributed by atoms with Gasteiger partial charge in [-0.05, 0) is 42.5 Å². The number of nitrogens with one attached hydrogen (secondary N) is 1. The zero-order valence-electron chi connectivity index (χ0n) is 14.3. The number of benzene rings is 3. The first-order valence-corrected chi connectivity index (χ1v) is 10.5. The molecule has 3 rings (SSSR count). The fourth-order valence-corrected chi connectivity index (χ4v) is 3.79. The third-order valence-corrected chi connectivity index (χ3v) is 5.40. The summed E-state index contributed by atoms with van der Waals surface area (Å²) in [6.45, 7) is 1.29. The van der Waals surface area contributed by atoms with Crippen LogP contribution in [0.1, 0.15) is 6.92 Å². The summed E-state index contributed by atoms with van der Waals surface area (Å²) in [7, 11) is 1.41. The van der Waals surface area contributed by atoms with Crippen molar-refractivity contribution < 1.29 is 18.3 Å². The van der Waals surface area contributed by atoms with Crippen LogP contribution in [-0.2, 0) is 13.8 Å². The number of nitrogens with zero attached hydrogens (tertiary/aromatic N) is 2. The van der Waals surface area contributed by atoms with Crippen molar-refractivity contribution in [2.75, 3.05) is 5.32 Å². The number of carbonyl (C=O) groups excluding carboxylic acids is 1. The molecular formula is C18H13Cl2N3O4S. The van der Waals surface area contributed by atoms with Gasteiger partial charge in [-0.1, -0.05) is 17.7 Å². The highest BCUT2D eigenvalue weighted by atomic mass is 35.7. The van der Waals surface area contributed by atoms with Gasteiger partial charge in [0.15, 0.2) is 5.75 Å². The maximum Gasteiger partial charge on any atom is 0.261 e. The van der Waals surface area contributed by atoms with Gasteiger partial charge in [0.1, 0.15) is 5.69 Å². The number of rotatable bonds is 4. The molecule has 3 aromatic rings. The lowest BCUT2D eigenvalue weighted by Gasteiger charge is -2.12. The van der Waals surface area contributed by atoms with Crippen LogP contribution in [-0.4, -0.2) is 19.4 Å². The quantitative estimate of drug-likeness (QED) is 0.414. The molecule has 0 aromatic heterocycles. The first-order chi connectivity index (χ1) is 13.2. The summed E-state index contributed by atoms with van der Waals surface area (Å²) in [5.41, 5.74) is 0.800. The molecule has 0 bridgehead atoms. The van der Waals surface area contributed by atoms with E-state index >= 15 is 0 Å². The summed E-state index contributed by atoms with van der Waals surface area (Å²) >= 11 is 5.82. The van der Waals surface area contributed by atoms with E-state index in [1.54, 1.807) is 24.3 Å². The SMILES string of the molecule is CC(=O)Nc1ccc(S(=O)(=O)Cl)c2ccc(N=Nc3ccc(Cl)cc3)c(O)c12. The van der Waals surface area contributed by atoms with Crippen LogP contribution in [0, 0.1) is 0 Å². The van der Waals surface area contributed by atoms with E-state index in [0.29, 0.717) is 10.7 Å². The van der Waals surface area contributed by atoms with Crippen LogP contribution < -0.4 is 5.32 Å². The first-order valence-electron chi connectivity index (χ1n) is 7.85. The Morgan fingerprint density at radius 1 is 1.04 bits per heavy atom. The minimum Gasteiger partial charge on any atom is -0.505 e. The predicted molar refractivity (Wildman–Crippen MR) is 109 cm³/mol. The number of azo groups is 1. The number of aromatic hydroxyl groups is 1. The molecule has 1 amide bonds. The van der Waals surface area contributed by atoms with Gasteiger partial charge in [-0.2, -0.15) is 5.11 Å². The highest BCUT2D eigenvalue weighted by Crippen LogP contribution is 2.42. The molecular weight excluding hydrogens is 425 g/mol. The van der Waals surface area contributed by atoms with Crippen LogP contribution in [0.15, 0.2) is 63.7 Å². The molecule has 0 aliphatic carbocycles. The molecule has 0 unspecified atom stereocenters. The van der Waals surface area contributed by atoms with Crippen LogP contribution in [0.2, 0.25) is 5.02 Å². The third-order valence-electron chi connectivity index (χ3n) is 3.77. The normalized spacial score (nSPS) is 11.8. The molecule has 0 saturated carbocycles. The van der Waals surface area contributed by atoms with E-state index in [9.17, 15) is 18.3 Å². The zero-order valence-corrected chi connectivity index (χ0v) is 16.7. The van der Waals surface area contributed by atoms with Crippen molar-refractivity contribution in [2.24, 2.45) is 10.2 Å². The van der Waals surface area contributed by atoms with Gasteiger partial charge >= 0.3 is 0 Å². The Bertz CT molecular complexity index is 1210. The topological polar surface area (TPSA) is 108 Å². The van der Waals surface area contributed by atoms with Crippen LogP contribution in [0.25, 0.3) is 10.8 Å². The molecule has 0 atom stereocenters. The van der Waals surface area contributed by atoms with Gasteiger partial charge < -0.3 is 10.4 Å². The minimum absolute atomic E-state index is 0.0816. The highest BCUT2D eigenvalue weighted by molar-refractivity contribution is 8.14. The Morgan fingerprint density at radius 3 is 2.32 bits per heavy atom. The summed E-state index contributed by atoms with van der Waals surface area (Å²) in [4.78, 5) is 11.3. The number of phenolic OH excluding ortho intramolecular Hbond substituents is 1. The molecule has 2 N–H and O–H groups in total. The van der Waals surface area contributed by atoms with Crippen molar-refractivity contribution in [1.82, 2.24) is 0 Å². The fraction of sp³-hybridized carbons (Fsp3) is 0.0556. The van der Waals surface area contributed by atoms with Crippen molar-refractivity contribution in [3.8, 4) is 5.75 Å². The summed E-state index contributed by atoms with van der Waals surface area (Å²) in [5.74, 6) is -0.739. The molecule has 0 aliphatic rings. The van der Waals surface area contributed by atoms with E-state index < -0.39 is 15.0 Å². The number of halogens is 2. The van der Waals surface area contributed by atoms with Crippen molar-refractivity contribution in [3.05, 3.63) is 53.6 Å². The average Bonchev–Trinajstić information content (AvgIpc) is 2.61. The highest BCUT2D eigenvalue weighted by Gasteiger charge is 2.20. The fourth-order valence-electron chi connectivity index (χ4n) is 2.60.